The lowest BCUT2D eigenvalue weighted by Gasteiger charge is -2.38. The maximum Gasteiger partial charge on any atom is 0.324 e. The van der Waals surface area contributed by atoms with Crippen LogP contribution in [-0.2, 0) is 4.79 Å². The molecule has 2 N–H and O–H groups in total. The van der Waals surface area contributed by atoms with Crippen LogP contribution in [0.5, 0.6) is 0 Å². The summed E-state index contributed by atoms with van der Waals surface area (Å²) in [5.41, 5.74) is -0.540. The molecule has 1 aliphatic carbocycles. The van der Waals surface area contributed by atoms with E-state index >= 15 is 0 Å². The fourth-order valence-corrected chi connectivity index (χ4v) is 3.44. The molecule has 2 unspecified atom stereocenters. The summed E-state index contributed by atoms with van der Waals surface area (Å²) in [5, 5.41) is 13.1. The molecule has 0 aromatic carbocycles. The molecule has 21 heavy (non-hydrogen) atoms. The van der Waals surface area contributed by atoms with Crippen LogP contribution in [0.4, 0.5) is 0 Å². The van der Waals surface area contributed by atoms with E-state index < -0.39 is 11.5 Å². The number of carboxylic acids is 1. The van der Waals surface area contributed by atoms with E-state index in [-0.39, 0.29) is 17.5 Å². The summed E-state index contributed by atoms with van der Waals surface area (Å²) >= 11 is 0. The average molecular weight is 298 g/mol. The zero-order valence-corrected chi connectivity index (χ0v) is 14.7. The van der Waals surface area contributed by atoms with Crippen LogP contribution < -0.4 is 5.32 Å². The van der Waals surface area contributed by atoms with E-state index in [1.807, 2.05) is 13.8 Å². The monoisotopic (exact) mass is 298 g/mol. The molecule has 124 valence electrons. The Balaban J connectivity index is 2.74. The molecule has 4 heteroatoms. The Morgan fingerprint density at radius 3 is 2.57 bits per heavy atom. The van der Waals surface area contributed by atoms with E-state index in [1.165, 1.54) is 0 Å². The third-order valence-electron chi connectivity index (χ3n) is 5.46. The van der Waals surface area contributed by atoms with Gasteiger partial charge in [-0.2, -0.15) is 0 Å². The summed E-state index contributed by atoms with van der Waals surface area (Å²) in [6.07, 6.45) is 4.84. The lowest BCUT2D eigenvalue weighted by atomic mass is 9.83. The first-order valence-corrected chi connectivity index (χ1v) is 8.38. The zero-order valence-electron chi connectivity index (χ0n) is 14.7. The van der Waals surface area contributed by atoms with Crippen LogP contribution in [-0.4, -0.2) is 46.7 Å². The van der Waals surface area contributed by atoms with Gasteiger partial charge in [-0.3, -0.25) is 10.1 Å². The molecule has 0 spiro atoms. The van der Waals surface area contributed by atoms with Gasteiger partial charge in [0.15, 0.2) is 0 Å². The highest BCUT2D eigenvalue weighted by Crippen LogP contribution is 2.39. The molecule has 0 aromatic rings. The molecule has 1 saturated carbocycles. The number of nitrogens with one attached hydrogen (secondary N) is 1. The van der Waals surface area contributed by atoms with Crippen LogP contribution in [0.1, 0.15) is 66.7 Å². The molecule has 0 radical (unpaired) electrons. The molecule has 4 nitrogen and oxygen atoms in total. The van der Waals surface area contributed by atoms with E-state index in [2.05, 4.69) is 38.0 Å². The first kappa shape index (κ1) is 18.4. The second-order valence-electron chi connectivity index (χ2n) is 7.54. The Bertz CT molecular complexity index is 355. The van der Waals surface area contributed by atoms with E-state index in [0.29, 0.717) is 0 Å². The van der Waals surface area contributed by atoms with Gasteiger partial charge < -0.3 is 10.0 Å². The van der Waals surface area contributed by atoms with E-state index in [4.69, 9.17) is 0 Å². The predicted octanol–water partition coefficient (Wildman–Crippen LogP) is 3.12. The summed E-state index contributed by atoms with van der Waals surface area (Å²) in [5.74, 6) is -0.441. The third kappa shape index (κ3) is 4.19. The Morgan fingerprint density at radius 2 is 2.10 bits per heavy atom. The van der Waals surface area contributed by atoms with Crippen LogP contribution in [0, 0.1) is 5.92 Å². The molecule has 1 rings (SSSR count). The van der Waals surface area contributed by atoms with E-state index in [0.717, 1.165) is 38.6 Å². The highest BCUT2D eigenvalue weighted by molar-refractivity contribution is 5.79. The summed E-state index contributed by atoms with van der Waals surface area (Å²) in [4.78, 5) is 14.3. The summed E-state index contributed by atoms with van der Waals surface area (Å²) < 4.78 is 0. The van der Waals surface area contributed by atoms with Crippen molar-refractivity contribution in [3.8, 4) is 0 Å². The van der Waals surface area contributed by atoms with Gasteiger partial charge in [0.25, 0.3) is 0 Å². The van der Waals surface area contributed by atoms with Crippen molar-refractivity contribution in [2.75, 3.05) is 13.6 Å². The van der Waals surface area contributed by atoms with E-state index in [9.17, 15) is 9.90 Å². The first-order valence-electron chi connectivity index (χ1n) is 8.38. The molecule has 2 atom stereocenters. The summed E-state index contributed by atoms with van der Waals surface area (Å²) in [6, 6.07) is 0.200. The predicted molar refractivity (Wildman–Crippen MR) is 87.6 cm³/mol. The van der Waals surface area contributed by atoms with Crippen LogP contribution in [0.3, 0.4) is 0 Å². The maximum absolute atomic E-state index is 11.9. The minimum Gasteiger partial charge on any atom is -0.480 e. The molecule has 0 amide bonds. The fourth-order valence-electron chi connectivity index (χ4n) is 3.44. The van der Waals surface area contributed by atoms with Crippen molar-refractivity contribution in [2.45, 2.75) is 83.8 Å². The zero-order chi connectivity index (χ0) is 16.3. The molecule has 0 saturated heterocycles. The molecule has 0 bridgehead atoms. The lowest BCUT2D eigenvalue weighted by Crippen LogP contribution is -2.57. The minimum absolute atomic E-state index is 0.177. The van der Waals surface area contributed by atoms with Crippen LogP contribution in [0.2, 0.25) is 0 Å². The molecule has 1 fully saturated rings. The molecular formula is C17H34N2O2. The standard InChI is InChI=1S/C17H34N2O2/c1-7-16(4,5)19(6)12-10-14-9-8-11-17(14,15(20)21)18-13(2)3/h13-14,18H,7-12H2,1-6H3,(H,20,21). The van der Waals surface area contributed by atoms with Gasteiger partial charge in [-0.15, -0.1) is 0 Å². The number of aliphatic carboxylic acids is 1. The van der Waals surface area contributed by atoms with Crippen molar-refractivity contribution in [3.05, 3.63) is 0 Å². The third-order valence-corrected chi connectivity index (χ3v) is 5.46. The van der Waals surface area contributed by atoms with Gasteiger partial charge in [0.2, 0.25) is 0 Å². The topological polar surface area (TPSA) is 52.6 Å². The van der Waals surface area contributed by atoms with Crippen molar-refractivity contribution in [3.63, 3.8) is 0 Å². The van der Waals surface area contributed by atoms with Crippen molar-refractivity contribution >= 4 is 5.97 Å². The smallest absolute Gasteiger partial charge is 0.324 e. The highest BCUT2D eigenvalue weighted by Gasteiger charge is 2.49. The highest BCUT2D eigenvalue weighted by atomic mass is 16.4. The Morgan fingerprint density at radius 1 is 1.48 bits per heavy atom. The quantitative estimate of drug-likeness (QED) is 0.723. The average Bonchev–Trinajstić information content (AvgIpc) is 2.79. The number of hydrogen-bond acceptors (Lipinski definition) is 3. The van der Waals surface area contributed by atoms with Gasteiger partial charge in [0, 0.05) is 11.6 Å². The second-order valence-corrected chi connectivity index (χ2v) is 7.54. The van der Waals surface area contributed by atoms with E-state index in [1.54, 1.807) is 0 Å². The normalized spacial score (nSPS) is 26.8. The van der Waals surface area contributed by atoms with Gasteiger partial charge in [0.1, 0.15) is 5.54 Å². The molecule has 0 aliphatic heterocycles. The van der Waals surface area contributed by atoms with Crippen molar-refractivity contribution in [1.82, 2.24) is 10.2 Å². The SMILES string of the molecule is CCC(C)(C)N(C)CCC1CCCC1(NC(C)C)C(=O)O. The molecule has 0 aromatic heterocycles. The van der Waals surface area contributed by atoms with Gasteiger partial charge in [-0.1, -0.05) is 13.3 Å². The molecule has 1 aliphatic rings. The lowest BCUT2D eigenvalue weighted by molar-refractivity contribution is -0.147. The number of carbonyl (C=O) groups is 1. The minimum atomic E-state index is -0.717. The Hall–Kier alpha value is -0.610. The van der Waals surface area contributed by atoms with Crippen LogP contribution in [0.15, 0.2) is 0 Å². The maximum atomic E-state index is 11.9. The van der Waals surface area contributed by atoms with Crippen LogP contribution in [0.25, 0.3) is 0 Å². The largest absolute Gasteiger partial charge is 0.480 e. The van der Waals surface area contributed by atoms with Crippen LogP contribution >= 0.6 is 0 Å². The molecule has 0 heterocycles. The van der Waals surface area contributed by atoms with Crippen molar-refractivity contribution < 1.29 is 9.90 Å². The van der Waals surface area contributed by atoms with Gasteiger partial charge in [0.05, 0.1) is 0 Å². The summed E-state index contributed by atoms with van der Waals surface area (Å²) in [6.45, 7) is 11.7. The van der Waals surface area contributed by atoms with Crippen molar-refractivity contribution in [1.29, 1.82) is 0 Å². The Labute approximate surface area is 130 Å². The van der Waals surface area contributed by atoms with Gasteiger partial charge in [-0.05, 0) is 72.9 Å². The number of hydrogen-bond donors (Lipinski definition) is 2. The number of rotatable bonds is 8. The number of nitrogens with zero attached hydrogens (tertiary/aromatic N) is 1. The first-order chi connectivity index (χ1) is 9.65. The van der Waals surface area contributed by atoms with Gasteiger partial charge >= 0.3 is 5.97 Å². The number of carboxylic acid groups (broad SMARTS) is 1. The fraction of sp³-hybridized carbons (Fsp3) is 0.941. The van der Waals surface area contributed by atoms with Gasteiger partial charge in [-0.25, -0.2) is 0 Å². The second kappa shape index (κ2) is 7.10. The van der Waals surface area contributed by atoms with Crippen molar-refractivity contribution in [2.24, 2.45) is 5.92 Å². The molecular weight excluding hydrogens is 264 g/mol. The summed E-state index contributed by atoms with van der Waals surface area (Å²) in [7, 11) is 2.15. The Kier molecular flexibility index (Phi) is 6.23.